The first-order valence-electron chi connectivity index (χ1n) is 9.61. The van der Waals surface area contributed by atoms with Crippen LogP contribution < -0.4 is 10.6 Å². The third kappa shape index (κ3) is 4.93. The zero-order chi connectivity index (χ0) is 20.6. The molecule has 29 heavy (non-hydrogen) atoms. The standard InChI is InChI=1S/C21H22BrF3N4/c1-13-8-17(5-2-14(13)11-27-16-3-4-16)29-12-28-20-18(9-15(22)10-19(20)29)26-7-6-21(23,24)25/h2,5,8-10,12,16,26-27H,3-4,6-7,11H2,1H3. The van der Waals surface area contributed by atoms with Gasteiger partial charge in [-0.3, -0.25) is 4.57 Å². The molecule has 1 aliphatic rings. The van der Waals surface area contributed by atoms with Crippen LogP contribution in [0.4, 0.5) is 18.9 Å². The van der Waals surface area contributed by atoms with E-state index in [9.17, 15) is 13.2 Å². The predicted molar refractivity (Wildman–Crippen MR) is 113 cm³/mol. The smallest absolute Gasteiger partial charge is 0.383 e. The number of nitrogens with zero attached hydrogens (tertiary/aromatic N) is 2. The van der Waals surface area contributed by atoms with Crippen LogP contribution in [0.15, 0.2) is 41.1 Å². The Labute approximate surface area is 175 Å². The van der Waals surface area contributed by atoms with Gasteiger partial charge in [-0.25, -0.2) is 4.98 Å². The van der Waals surface area contributed by atoms with Gasteiger partial charge < -0.3 is 10.6 Å². The molecule has 1 saturated carbocycles. The minimum Gasteiger partial charge on any atom is -0.383 e. The van der Waals surface area contributed by atoms with Crippen molar-refractivity contribution in [2.24, 2.45) is 0 Å². The van der Waals surface area contributed by atoms with Crippen molar-refractivity contribution in [3.63, 3.8) is 0 Å². The molecule has 0 atom stereocenters. The number of nitrogens with one attached hydrogen (secondary N) is 2. The summed E-state index contributed by atoms with van der Waals surface area (Å²) in [6, 6.07) is 10.6. The quantitative estimate of drug-likeness (QED) is 0.468. The molecule has 2 aromatic carbocycles. The van der Waals surface area contributed by atoms with E-state index in [0.717, 1.165) is 22.2 Å². The molecule has 0 unspecified atom stereocenters. The number of benzene rings is 2. The highest BCUT2D eigenvalue weighted by atomic mass is 79.9. The summed E-state index contributed by atoms with van der Waals surface area (Å²) in [6.07, 6.45) is -0.857. The van der Waals surface area contributed by atoms with Crippen molar-refractivity contribution in [3.05, 3.63) is 52.3 Å². The molecule has 8 heteroatoms. The van der Waals surface area contributed by atoms with E-state index in [1.807, 2.05) is 10.6 Å². The van der Waals surface area contributed by atoms with Crippen LogP contribution in [0.5, 0.6) is 0 Å². The van der Waals surface area contributed by atoms with Gasteiger partial charge >= 0.3 is 6.18 Å². The number of hydrogen-bond acceptors (Lipinski definition) is 3. The monoisotopic (exact) mass is 466 g/mol. The molecular weight excluding hydrogens is 445 g/mol. The molecule has 2 N–H and O–H groups in total. The molecule has 154 valence electrons. The van der Waals surface area contributed by atoms with Gasteiger partial charge in [-0.2, -0.15) is 13.2 Å². The van der Waals surface area contributed by atoms with Crippen molar-refractivity contribution < 1.29 is 13.2 Å². The normalized spacial score (nSPS) is 14.5. The van der Waals surface area contributed by atoms with Gasteiger partial charge in [0.2, 0.25) is 0 Å². The van der Waals surface area contributed by atoms with Crippen LogP contribution in [0.25, 0.3) is 16.7 Å². The maximum atomic E-state index is 12.5. The van der Waals surface area contributed by atoms with E-state index >= 15 is 0 Å². The highest BCUT2D eigenvalue weighted by Gasteiger charge is 2.26. The van der Waals surface area contributed by atoms with Gasteiger partial charge in [-0.15, -0.1) is 0 Å². The summed E-state index contributed by atoms with van der Waals surface area (Å²) in [5.41, 5.74) is 5.49. The predicted octanol–water partition coefficient (Wildman–Crippen LogP) is 5.71. The minimum atomic E-state index is -4.19. The molecule has 1 aliphatic carbocycles. The third-order valence-corrected chi connectivity index (χ3v) is 5.56. The maximum Gasteiger partial charge on any atom is 0.390 e. The number of anilines is 1. The van der Waals surface area contributed by atoms with E-state index in [-0.39, 0.29) is 6.54 Å². The Balaban J connectivity index is 1.60. The van der Waals surface area contributed by atoms with Crippen molar-refractivity contribution in [2.75, 3.05) is 11.9 Å². The Kier molecular flexibility index (Phi) is 5.57. The van der Waals surface area contributed by atoms with Crippen molar-refractivity contribution in [1.29, 1.82) is 0 Å². The summed E-state index contributed by atoms with van der Waals surface area (Å²) in [4.78, 5) is 4.46. The van der Waals surface area contributed by atoms with Crippen LogP contribution in [0.3, 0.4) is 0 Å². The lowest BCUT2D eigenvalue weighted by molar-refractivity contribution is -0.131. The molecule has 4 nitrogen and oxygen atoms in total. The summed E-state index contributed by atoms with van der Waals surface area (Å²) in [7, 11) is 0. The second-order valence-corrected chi connectivity index (χ2v) is 8.41. The fourth-order valence-corrected chi connectivity index (χ4v) is 3.78. The highest BCUT2D eigenvalue weighted by Crippen LogP contribution is 2.30. The molecule has 0 bridgehead atoms. The van der Waals surface area contributed by atoms with Gasteiger partial charge in [0, 0.05) is 29.3 Å². The molecule has 0 spiro atoms. The fourth-order valence-electron chi connectivity index (χ4n) is 3.33. The van der Waals surface area contributed by atoms with E-state index in [4.69, 9.17) is 0 Å². The van der Waals surface area contributed by atoms with Crippen LogP contribution in [0.2, 0.25) is 0 Å². The van der Waals surface area contributed by atoms with Crippen LogP contribution >= 0.6 is 15.9 Å². The van der Waals surface area contributed by atoms with Crippen molar-refractivity contribution in [3.8, 4) is 5.69 Å². The topological polar surface area (TPSA) is 41.9 Å². The van der Waals surface area contributed by atoms with E-state index in [0.29, 0.717) is 17.2 Å². The molecule has 0 radical (unpaired) electrons. The number of aromatic nitrogens is 2. The number of alkyl halides is 3. The SMILES string of the molecule is Cc1cc(-n2cnc3c(NCCC(F)(F)F)cc(Br)cc32)ccc1CNC1CC1. The second kappa shape index (κ2) is 7.99. The van der Waals surface area contributed by atoms with E-state index < -0.39 is 12.6 Å². The number of halogens is 4. The van der Waals surface area contributed by atoms with Gasteiger partial charge in [-0.05, 0) is 55.2 Å². The number of hydrogen-bond donors (Lipinski definition) is 2. The largest absolute Gasteiger partial charge is 0.390 e. The van der Waals surface area contributed by atoms with Gasteiger partial charge in [0.25, 0.3) is 0 Å². The average Bonchev–Trinajstić information content (AvgIpc) is 3.37. The van der Waals surface area contributed by atoms with Crippen LogP contribution in [-0.2, 0) is 6.54 Å². The van der Waals surface area contributed by atoms with Gasteiger partial charge in [0.1, 0.15) is 11.8 Å². The fraction of sp³-hybridized carbons (Fsp3) is 0.381. The molecule has 0 amide bonds. The number of rotatable bonds is 7. The van der Waals surface area contributed by atoms with Gasteiger partial charge in [-0.1, -0.05) is 22.0 Å². The zero-order valence-electron chi connectivity index (χ0n) is 16.0. The number of fused-ring (bicyclic) bond motifs is 1. The summed E-state index contributed by atoms with van der Waals surface area (Å²) in [5.74, 6) is 0. The Morgan fingerprint density at radius 2 is 2.00 bits per heavy atom. The Morgan fingerprint density at radius 1 is 1.21 bits per heavy atom. The Bertz CT molecular complexity index is 1020. The first-order chi connectivity index (χ1) is 13.8. The van der Waals surface area contributed by atoms with Gasteiger partial charge in [0.15, 0.2) is 0 Å². The summed E-state index contributed by atoms with van der Waals surface area (Å²) in [5, 5.41) is 6.40. The minimum absolute atomic E-state index is 0.191. The molecule has 1 heterocycles. The maximum absolute atomic E-state index is 12.5. The second-order valence-electron chi connectivity index (χ2n) is 7.49. The molecule has 1 fully saturated rings. The number of aryl methyl sites for hydroxylation is 1. The van der Waals surface area contributed by atoms with E-state index in [1.54, 1.807) is 12.4 Å². The summed E-state index contributed by atoms with van der Waals surface area (Å²) >= 11 is 3.46. The lowest BCUT2D eigenvalue weighted by Crippen LogP contribution is -2.16. The molecule has 0 aliphatic heterocycles. The highest BCUT2D eigenvalue weighted by molar-refractivity contribution is 9.10. The Hall–Kier alpha value is -2.06. The number of imidazole rings is 1. The van der Waals surface area contributed by atoms with E-state index in [1.165, 1.54) is 24.0 Å². The van der Waals surface area contributed by atoms with Crippen LogP contribution in [0.1, 0.15) is 30.4 Å². The molecule has 1 aromatic heterocycles. The van der Waals surface area contributed by atoms with Gasteiger partial charge in [0.05, 0.1) is 17.6 Å². The molecule has 0 saturated heterocycles. The lowest BCUT2D eigenvalue weighted by atomic mass is 10.1. The summed E-state index contributed by atoms with van der Waals surface area (Å²) in [6.45, 7) is 2.76. The van der Waals surface area contributed by atoms with Crippen LogP contribution in [0, 0.1) is 6.92 Å². The zero-order valence-corrected chi connectivity index (χ0v) is 17.6. The third-order valence-electron chi connectivity index (χ3n) is 5.10. The molecular formula is C21H22BrF3N4. The van der Waals surface area contributed by atoms with Crippen molar-refractivity contribution in [2.45, 2.75) is 44.9 Å². The average molecular weight is 467 g/mol. The lowest BCUT2D eigenvalue weighted by Gasteiger charge is -2.12. The van der Waals surface area contributed by atoms with Crippen molar-refractivity contribution >= 4 is 32.7 Å². The van der Waals surface area contributed by atoms with E-state index in [2.05, 4.69) is 56.7 Å². The first-order valence-corrected chi connectivity index (χ1v) is 10.4. The summed E-state index contributed by atoms with van der Waals surface area (Å²) < 4.78 is 40.2. The van der Waals surface area contributed by atoms with Crippen LogP contribution in [-0.4, -0.2) is 28.3 Å². The first kappa shape index (κ1) is 20.2. The Morgan fingerprint density at radius 3 is 2.69 bits per heavy atom. The van der Waals surface area contributed by atoms with Crippen molar-refractivity contribution in [1.82, 2.24) is 14.9 Å². The molecule has 4 rings (SSSR count). The molecule has 3 aromatic rings.